The van der Waals surface area contributed by atoms with Gasteiger partial charge in [-0.15, -0.1) is 22.7 Å². The van der Waals surface area contributed by atoms with Gasteiger partial charge in [-0.2, -0.15) is 0 Å². The fourth-order valence-corrected chi connectivity index (χ4v) is 13.5. The summed E-state index contributed by atoms with van der Waals surface area (Å²) < 4.78 is 7.88. The molecule has 1 unspecified atom stereocenters. The Morgan fingerprint density at radius 2 is 1.03 bits per heavy atom. The van der Waals surface area contributed by atoms with Crippen LogP contribution in [0.15, 0.2) is 200 Å². The van der Waals surface area contributed by atoms with Gasteiger partial charge in [-0.25, -0.2) is 0 Å². The Balaban J connectivity index is 0.781. The minimum Gasteiger partial charge on any atom is -0.310 e. The van der Waals surface area contributed by atoms with E-state index in [1.54, 1.807) is 0 Å². The molecule has 3 heteroatoms. The van der Waals surface area contributed by atoms with Crippen LogP contribution in [0.1, 0.15) is 46.7 Å². The van der Waals surface area contributed by atoms with Crippen molar-refractivity contribution in [2.45, 2.75) is 31.6 Å². The van der Waals surface area contributed by atoms with E-state index in [1.807, 2.05) is 22.7 Å². The highest BCUT2D eigenvalue weighted by molar-refractivity contribution is 7.26. The summed E-state index contributed by atoms with van der Waals surface area (Å²) in [6, 6.07) is 73.5. The fourth-order valence-electron chi connectivity index (χ4n) is 11.3. The van der Waals surface area contributed by atoms with Crippen LogP contribution < -0.4 is 0 Å². The van der Waals surface area contributed by atoms with Gasteiger partial charge in [-0.1, -0.05) is 133 Å². The lowest BCUT2D eigenvalue weighted by Crippen LogP contribution is -2.00. The number of aromatic nitrogens is 1. The van der Waals surface area contributed by atoms with Crippen molar-refractivity contribution in [1.82, 2.24) is 4.57 Å². The van der Waals surface area contributed by atoms with E-state index in [4.69, 9.17) is 0 Å². The molecule has 1 nitrogen and oxygen atoms in total. The first-order chi connectivity index (χ1) is 32.7. The van der Waals surface area contributed by atoms with Gasteiger partial charge in [0.15, 0.2) is 0 Å². The molecule has 0 N–H and O–H groups in total. The maximum absolute atomic E-state index is 2.50. The number of hydrogen-bond acceptors (Lipinski definition) is 2. The number of nitrogens with zero attached hydrogens (tertiary/aromatic N) is 1. The number of benzene rings is 9. The minimum atomic E-state index is 0.361. The number of allylic oxidation sites excluding steroid dienone is 1. The van der Waals surface area contributed by atoms with Crippen LogP contribution in [0.2, 0.25) is 0 Å². The van der Waals surface area contributed by atoms with Crippen LogP contribution in [-0.2, 0) is 12.8 Å². The van der Waals surface area contributed by atoms with Crippen molar-refractivity contribution in [3.63, 3.8) is 0 Å². The highest BCUT2D eigenvalue weighted by Gasteiger charge is 2.29. The predicted molar refractivity (Wildman–Crippen MR) is 285 cm³/mol. The maximum atomic E-state index is 2.50. The zero-order valence-electron chi connectivity index (χ0n) is 36.3. The van der Waals surface area contributed by atoms with Crippen molar-refractivity contribution in [1.29, 1.82) is 0 Å². The van der Waals surface area contributed by atoms with Crippen LogP contribution in [-0.4, -0.2) is 4.57 Å². The Morgan fingerprint density at radius 1 is 0.439 bits per heavy atom. The molecule has 3 aromatic heterocycles. The number of thiophene rings is 2. The summed E-state index contributed by atoms with van der Waals surface area (Å²) in [5, 5.41) is 6.73. The van der Waals surface area contributed by atoms with E-state index in [9.17, 15) is 0 Å². The molecule has 0 spiro atoms. The Bertz CT molecular complexity index is 3960. The third-order valence-corrected chi connectivity index (χ3v) is 16.8. The zero-order valence-corrected chi connectivity index (χ0v) is 37.9. The van der Waals surface area contributed by atoms with Crippen LogP contribution >= 0.6 is 22.7 Å². The molecule has 12 aromatic rings. The first kappa shape index (κ1) is 38.0. The van der Waals surface area contributed by atoms with Crippen molar-refractivity contribution < 1.29 is 0 Å². The first-order valence-corrected chi connectivity index (χ1v) is 24.9. The van der Waals surface area contributed by atoms with E-state index in [1.165, 1.54) is 129 Å². The lowest BCUT2D eigenvalue weighted by molar-refractivity contribution is 0.730. The quantitative estimate of drug-likeness (QED) is 0.150. The molecule has 0 aliphatic heterocycles. The second kappa shape index (κ2) is 15.1. The van der Waals surface area contributed by atoms with Crippen LogP contribution in [0.5, 0.6) is 0 Å². The molecule has 0 saturated heterocycles. The Morgan fingerprint density at radius 3 is 1.80 bits per heavy atom. The summed E-state index contributed by atoms with van der Waals surface area (Å²) in [6.45, 7) is 0. The second-order valence-electron chi connectivity index (χ2n) is 18.2. The molecule has 2 aliphatic carbocycles. The Labute approximate surface area is 392 Å². The third kappa shape index (κ3) is 6.11. The average molecular weight is 878 g/mol. The summed E-state index contributed by atoms with van der Waals surface area (Å²) in [7, 11) is 0. The highest BCUT2D eigenvalue weighted by Crippen LogP contribution is 2.49. The lowest BCUT2D eigenvalue weighted by Gasteiger charge is -2.15. The van der Waals surface area contributed by atoms with Crippen molar-refractivity contribution in [2.75, 3.05) is 0 Å². The van der Waals surface area contributed by atoms with E-state index >= 15 is 0 Å². The van der Waals surface area contributed by atoms with Gasteiger partial charge < -0.3 is 4.57 Å². The predicted octanol–water partition coefficient (Wildman–Crippen LogP) is 18.1. The van der Waals surface area contributed by atoms with Gasteiger partial charge in [-0.05, 0) is 165 Å². The molecule has 66 heavy (non-hydrogen) atoms. The number of aryl methyl sites for hydroxylation is 2. The summed E-state index contributed by atoms with van der Waals surface area (Å²) in [4.78, 5) is 0. The minimum absolute atomic E-state index is 0.361. The molecule has 0 saturated carbocycles. The van der Waals surface area contributed by atoms with Gasteiger partial charge in [0.25, 0.3) is 0 Å². The van der Waals surface area contributed by atoms with Gasteiger partial charge in [0.1, 0.15) is 0 Å². The molecule has 3 heterocycles. The highest BCUT2D eigenvalue weighted by atomic mass is 32.1. The molecule has 0 amide bonds. The van der Waals surface area contributed by atoms with Crippen LogP contribution in [0, 0.1) is 0 Å². The molecular formula is C63H43NS2. The summed E-state index contributed by atoms with van der Waals surface area (Å²) >= 11 is 3.76. The van der Waals surface area contributed by atoms with E-state index in [0.29, 0.717) is 5.92 Å². The van der Waals surface area contributed by atoms with E-state index in [0.717, 1.165) is 25.7 Å². The molecule has 312 valence electrons. The Hall–Kier alpha value is -7.30. The SMILES string of the molecule is C1=Cc2c(c3cc(-c4ccc5c(c4)-c4ccccc4C5CCc4cccc(-c5ccc6sc7ccccc7c6c5)c4)ccc3n2-c2cccc(-c3ccc4sc5ccccc5c4c3)c2)CC1. The van der Waals surface area contributed by atoms with Gasteiger partial charge in [0.05, 0.1) is 5.52 Å². The third-order valence-electron chi connectivity index (χ3n) is 14.5. The molecule has 2 aliphatic rings. The van der Waals surface area contributed by atoms with E-state index in [2.05, 4.69) is 211 Å². The van der Waals surface area contributed by atoms with Crippen LogP contribution in [0.4, 0.5) is 0 Å². The van der Waals surface area contributed by atoms with Gasteiger partial charge in [0, 0.05) is 63.0 Å². The van der Waals surface area contributed by atoms with Gasteiger partial charge >= 0.3 is 0 Å². The standard InChI is InChI=1S/C63H43NS2/c1-2-16-48-47(15-1)49(28-23-39-11-9-12-40(33-39)44-26-31-62-56(37-44)52-18-4-7-21-60(52)65-62)50-29-24-42(35-54(48)50)43-25-30-59-55(36-43)51-17-3-6-20-58(51)64(59)46-14-10-13-41(34-46)45-27-32-63-57(38-45)53-19-5-8-22-61(53)66-63/h1-2,4-16,18-22,24-27,29-38,49H,3,17,23,28H2. The van der Waals surface area contributed by atoms with Crippen molar-refractivity contribution in [2.24, 2.45) is 0 Å². The normalized spacial score (nSPS) is 14.2. The molecule has 9 aromatic carbocycles. The maximum Gasteiger partial charge on any atom is 0.0538 e. The largest absolute Gasteiger partial charge is 0.310 e. The van der Waals surface area contributed by atoms with Crippen LogP contribution in [0.3, 0.4) is 0 Å². The summed E-state index contributed by atoms with van der Waals surface area (Å²) in [5.41, 5.74) is 19.9. The van der Waals surface area contributed by atoms with E-state index < -0.39 is 0 Å². The van der Waals surface area contributed by atoms with E-state index in [-0.39, 0.29) is 0 Å². The smallest absolute Gasteiger partial charge is 0.0538 e. The average Bonchev–Trinajstić information content (AvgIpc) is 4.13. The molecule has 1 atom stereocenters. The number of fused-ring (bicyclic) bond motifs is 12. The van der Waals surface area contributed by atoms with Crippen molar-refractivity contribution >= 4 is 80.0 Å². The summed E-state index contributed by atoms with van der Waals surface area (Å²) in [5.74, 6) is 0.361. The second-order valence-corrected chi connectivity index (χ2v) is 20.4. The number of hydrogen-bond donors (Lipinski definition) is 0. The molecule has 0 bridgehead atoms. The summed E-state index contributed by atoms with van der Waals surface area (Å²) in [6.07, 6.45) is 8.90. The monoisotopic (exact) mass is 877 g/mol. The zero-order chi connectivity index (χ0) is 43.3. The van der Waals surface area contributed by atoms with Crippen molar-refractivity contribution in [3.05, 3.63) is 228 Å². The molecule has 14 rings (SSSR count). The lowest BCUT2D eigenvalue weighted by atomic mass is 9.89. The molecule has 0 radical (unpaired) electrons. The topological polar surface area (TPSA) is 4.93 Å². The van der Waals surface area contributed by atoms with Gasteiger partial charge in [0.2, 0.25) is 0 Å². The first-order valence-electron chi connectivity index (χ1n) is 23.3. The molecular weight excluding hydrogens is 835 g/mol. The van der Waals surface area contributed by atoms with Gasteiger partial charge in [-0.3, -0.25) is 0 Å². The molecule has 0 fully saturated rings. The number of rotatable bonds is 7. The van der Waals surface area contributed by atoms with Crippen molar-refractivity contribution in [3.8, 4) is 50.2 Å². The van der Waals surface area contributed by atoms with Crippen LogP contribution in [0.25, 0.3) is 108 Å². The fraction of sp³-hybridized carbons (Fsp3) is 0.0794. The Kier molecular flexibility index (Phi) is 8.72.